The maximum Gasteiger partial charge on any atom is 0.258 e. The Labute approximate surface area is 157 Å². The second-order valence-electron chi connectivity index (χ2n) is 5.94. The number of amides is 1. The number of hydrogen-bond acceptors (Lipinski definition) is 6. The fraction of sp³-hybridized carbons (Fsp3) is 0.250. The van der Waals surface area contributed by atoms with Crippen molar-refractivity contribution in [2.75, 3.05) is 19.8 Å². The summed E-state index contributed by atoms with van der Waals surface area (Å²) in [7, 11) is 0. The van der Waals surface area contributed by atoms with Gasteiger partial charge < -0.3 is 19.2 Å². The van der Waals surface area contributed by atoms with Crippen LogP contribution in [-0.4, -0.2) is 35.9 Å². The molecule has 140 valence electrons. The molecule has 1 amide bonds. The van der Waals surface area contributed by atoms with Gasteiger partial charge in [-0.05, 0) is 43.2 Å². The van der Waals surface area contributed by atoms with Gasteiger partial charge in [0.2, 0.25) is 5.88 Å². The summed E-state index contributed by atoms with van der Waals surface area (Å²) in [5, 5.41) is 10.8. The lowest BCUT2D eigenvalue weighted by molar-refractivity contribution is -0.123. The van der Waals surface area contributed by atoms with Crippen molar-refractivity contribution < 1.29 is 18.7 Å². The predicted octanol–water partition coefficient (Wildman–Crippen LogP) is 2.93. The Balaban J connectivity index is 1.38. The van der Waals surface area contributed by atoms with Crippen LogP contribution in [0, 0.1) is 13.8 Å². The summed E-state index contributed by atoms with van der Waals surface area (Å²) in [4.78, 5) is 11.9. The van der Waals surface area contributed by atoms with E-state index in [2.05, 4.69) is 15.5 Å². The fourth-order valence-electron chi connectivity index (χ4n) is 2.51. The SMILES string of the molecule is Cc1cccc(C)c1OCC(=O)NCCOc1ccc(-c2ccco2)nn1. The van der Waals surface area contributed by atoms with Crippen molar-refractivity contribution in [2.24, 2.45) is 0 Å². The van der Waals surface area contributed by atoms with Gasteiger partial charge in [0.15, 0.2) is 12.4 Å². The summed E-state index contributed by atoms with van der Waals surface area (Å²) >= 11 is 0. The smallest absolute Gasteiger partial charge is 0.258 e. The molecule has 0 atom stereocenters. The molecule has 1 N–H and O–H groups in total. The number of aryl methyl sites for hydroxylation is 2. The first-order chi connectivity index (χ1) is 13.1. The second kappa shape index (κ2) is 8.84. The largest absolute Gasteiger partial charge is 0.483 e. The third kappa shape index (κ3) is 5.07. The maximum atomic E-state index is 11.9. The lowest BCUT2D eigenvalue weighted by Gasteiger charge is -2.12. The van der Waals surface area contributed by atoms with Crippen molar-refractivity contribution in [3.63, 3.8) is 0 Å². The van der Waals surface area contributed by atoms with Crippen molar-refractivity contribution in [3.05, 3.63) is 59.9 Å². The van der Waals surface area contributed by atoms with Crippen LogP contribution in [-0.2, 0) is 4.79 Å². The van der Waals surface area contributed by atoms with Crippen molar-refractivity contribution in [1.29, 1.82) is 0 Å². The van der Waals surface area contributed by atoms with Crippen LogP contribution in [0.25, 0.3) is 11.5 Å². The highest BCUT2D eigenvalue weighted by atomic mass is 16.5. The molecule has 0 aliphatic rings. The molecule has 0 saturated heterocycles. The van der Waals surface area contributed by atoms with Crippen LogP contribution in [0.5, 0.6) is 11.6 Å². The van der Waals surface area contributed by atoms with Gasteiger partial charge in [-0.15, -0.1) is 10.2 Å². The number of nitrogens with one attached hydrogen (secondary N) is 1. The summed E-state index contributed by atoms with van der Waals surface area (Å²) in [5.41, 5.74) is 2.63. The van der Waals surface area contributed by atoms with Crippen LogP contribution in [0.1, 0.15) is 11.1 Å². The number of carbonyl (C=O) groups is 1. The minimum absolute atomic E-state index is 0.0384. The molecule has 0 unspecified atom stereocenters. The van der Waals surface area contributed by atoms with Gasteiger partial charge in [0.1, 0.15) is 18.1 Å². The van der Waals surface area contributed by atoms with Gasteiger partial charge in [0.25, 0.3) is 5.91 Å². The average Bonchev–Trinajstić information content (AvgIpc) is 3.20. The first kappa shape index (κ1) is 18.4. The quantitative estimate of drug-likeness (QED) is 0.616. The average molecular weight is 367 g/mol. The van der Waals surface area contributed by atoms with E-state index in [4.69, 9.17) is 13.9 Å². The number of carbonyl (C=O) groups excluding carboxylic acids is 1. The maximum absolute atomic E-state index is 11.9. The van der Waals surface area contributed by atoms with Gasteiger partial charge >= 0.3 is 0 Å². The normalized spacial score (nSPS) is 10.4. The van der Waals surface area contributed by atoms with Crippen LogP contribution in [0.4, 0.5) is 0 Å². The number of rotatable bonds is 8. The van der Waals surface area contributed by atoms with Crippen LogP contribution < -0.4 is 14.8 Å². The monoisotopic (exact) mass is 367 g/mol. The van der Waals surface area contributed by atoms with Crippen molar-refractivity contribution >= 4 is 5.91 Å². The molecule has 7 heteroatoms. The zero-order chi connectivity index (χ0) is 19.1. The van der Waals surface area contributed by atoms with Gasteiger partial charge in [0.05, 0.1) is 12.8 Å². The number of furan rings is 1. The second-order valence-corrected chi connectivity index (χ2v) is 5.94. The first-order valence-electron chi connectivity index (χ1n) is 8.59. The molecule has 0 saturated carbocycles. The highest BCUT2D eigenvalue weighted by Gasteiger charge is 2.07. The highest BCUT2D eigenvalue weighted by molar-refractivity contribution is 5.77. The molecular weight excluding hydrogens is 346 g/mol. The summed E-state index contributed by atoms with van der Waals surface area (Å²) in [6.45, 7) is 4.49. The summed E-state index contributed by atoms with van der Waals surface area (Å²) in [5.74, 6) is 1.56. The Hall–Kier alpha value is -3.35. The lowest BCUT2D eigenvalue weighted by Crippen LogP contribution is -2.32. The number of aromatic nitrogens is 2. The van der Waals surface area contributed by atoms with Gasteiger partial charge in [-0.3, -0.25) is 4.79 Å². The Kier molecular flexibility index (Phi) is 6.04. The van der Waals surface area contributed by atoms with Crippen molar-refractivity contribution in [1.82, 2.24) is 15.5 Å². The van der Waals surface area contributed by atoms with E-state index < -0.39 is 0 Å². The summed E-state index contributed by atoms with van der Waals surface area (Å²) in [6.07, 6.45) is 1.58. The minimum atomic E-state index is -0.208. The Morgan fingerprint density at radius 1 is 1.04 bits per heavy atom. The molecule has 0 fully saturated rings. The Morgan fingerprint density at radius 3 is 2.52 bits per heavy atom. The zero-order valence-electron chi connectivity index (χ0n) is 15.3. The number of hydrogen-bond donors (Lipinski definition) is 1. The summed E-state index contributed by atoms with van der Waals surface area (Å²) < 4.78 is 16.3. The standard InChI is InChI=1S/C20H21N3O4/c1-14-5-3-6-15(2)20(14)27-13-18(24)21-10-12-26-19-9-8-16(22-23-19)17-7-4-11-25-17/h3-9,11H,10,12-13H2,1-2H3,(H,21,24). The van der Waals surface area contributed by atoms with E-state index >= 15 is 0 Å². The Morgan fingerprint density at radius 2 is 1.85 bits per heavy atom. The minimum Gasteiger partial charge on any atom is -0.483 e. The third-order valence-corrected chi connectivity index (χ3v) is 3.84. The molecule has 3 aromatic rings. The Bertz CT molecular complexity index is 857. The first-order valence-corrected chi connectivity index (χ1v) is 8.59. The van der Waals surface area contributed by atoms with E-state index in [1.807, 2.05) is 32.0 Å². The van der Waals surface area contributed by atoms with Crippen LogP contribution >= 0.6 is 0 Å². The predicted molar refractivity (Wildman–Crippen MR) is 99.6 cm³/mol. The van der Waals surface area contributed by atoms with E-state index in [0.29, 0.717) is 23.9 Å². The van der Waals surface area contributed by atoms with E-state index in [9.17, 15) is 4.79 Å². The molecule has 2 heterocycles. The number of nitrogens with zero attached hydrogens (tertiary/aromatic N) is 2. The number of para-hydroxylation sites is 1. The van der Waals surface area contributed by atoms with E-state index in [-0.39, 0.29) is 19.1 Å². The van der Waals surface area contributed by atoms with Crippen LogP contribution in [0.15, 0.2) is 53.1 Å². The molecule has 0 spiro atoms. The molecule has 3 rings (SSSR count). The number of benzene rings is 1. The van der Waals surface area contributed by atoms with E-state index in [1.54, 1.807) is 30.5 Å². The molecule has 2 aromatic heterocycles. The molecular formula is C20H21N3O4. The van der Waals surface area contributed by atoms with Crippen molar-refractivity contribution in [3.8, 4) is 23.1 Å². The van der Waals surface area contributed by atoms with Gasteiger partial charge in [0, 0.05) is 6.07 Å². The lowest BCUT2D eigenvalue weighted by atomic mass is 10.1. The molecule has 0 bridgehead atoms. The molecule has 0 aliphatic heterocycles. The van der Waals surface area contributed by atoms with Gasteiger partial charge in [-0.2, -0.15) is 0 Å². The number of ether oxygens (including phenoxy) is 2. The van der Waals surface area contributed by atoms with Crippen LogP contribution in [0.2, 0.25) is 0 Å². The molecule has 27 heavy (non-hydrogen) atoms. The van der Waals surface area contributed by atoms with Gasteiger partial charge in [-0.25, -0.2) is 0 Å². The van der Waals surface area contributed by atoms with Crippen molar-refractivity contribution in [2.45, 2.75) is 13.8 Å². The van der Waals surface area contributed by atoms with E-state index in [0.717, 1.165) is 16.9 Å². The van der Waals surface area contributed by atoms with E-state index in [1.165, 1.54) is 0 Å². The third-order valence-electron chi connectivity index (χ3n) is 3.84. The molecule has 7 nitrogen and oxygen atoms in total. The fourth-order valence-corrected chi connectivity index (χ4v) is 2.51. The molecule has 0 radical (unpaired) electrons. The molecule has 1 aromatic carbocycles. The highest BCUT2D eigenvalue weighted by Crippen LogP contribution is 2.22. The topological polar surface area (TPSA) is 86.5 Å². The van der Waals surface area contributed by atoms with Gasteiger partial charge in [-0.1, -0.05) is 18.2 Å². The summed E-state index contributed by atoms with van der Waals surface area (Å²) in [6, 6.07) is 12.9. The molecule has 0 aliphatic carbocycles. The van der Waals surface area contributed by atoms with Crippen LogP contribution in [0.3, 0.4) is 0 Å². The zero-order valence-corrected chi connectivity index (χ0v) is 15.3.